The maximum atomic E-state index is 12.8. The first kappa shape index (κ1) is 21.0. The highest BCUT2D eigenvalue weighted by Crippen LogP contribution is 2.28. The highest BCUT2D eigenvalue weighted by Gasteiger charge is 2.20. The van der Waals surface area contributed by atoms with Gasteiger partial charge in [0, 0.05) is 49.2 Å². The predicted octanol–water partition coefficient (Wildman–Crippen LogP) is 3.11. The molecule has 0 radical (unpaired) electrons. The van der Waals surface area contributed by atoms with Gasteiger partial charge >= 0.3 is 0 Å². The molecule has 2 aromatic rings. The molecule has 1 fully saturated rings. The van der Waals surface area contributed by atoms with Gasteiger partial charge in [-0.15, -0.1) is 11.3 Å². The summed E-state index contributed by atoms with van der Waals surface area (Å²) in [5, 5.41) is 4.26. The fraction of sp³-hybridized carbons (Fsp3) is 0.545. The van der Waals surface area contributed by atoms with E-state index in [0.29, 0.717) is 6.42 Å². The third-order valence-electron chi connectivity index (χ3n) is 5.38. The summed E-state index contributed by atoms with van der Waals surface area (Å²) in [7, 11) is 2.17. The topological polar surface area (TPSA) is 48.5 Å². The van der Waals surface area contributed by atoms with Gasteiger partial charge in [-0.2, -0.15) is 0 Å². The molecule has 1 atom stereocenters. The Morgan fingerprint density at radius 1 is 1.18 bits per heavy atom. The van der Waals surface area contributed by atoms with Crippen molar-refractivity contribution in [3.05, 3.63) is 39.7 Å². The molecule has 1 aromatic heterocycles. The first-order chi connectivity index (χ1) is 13.4. The highest BCUT2D eigenvalue weighted by molar-refractivity contribution is 7.12. The lowest BCUT2D eigenvalue weighted by Gasteiger charge is -2.34. The van der Waals surface area contributed by atoms with Crippen LogP contribution in [0.2, 0.25) is 0 Å². The smallest absolute Gasteiger partial charge is 0.225 e. The van der Waals surface area contributed by atoms with E-state index < -0.39 is 0 Å². The number of amides is 1. The van der Waals surface area contributed by atoms with E-state index in [-0.39, 0.29) is 11.9 Å². The minimum absolute atomic E-state index is 0.0954. The molecule has 1 unspecified atom stereocenters. The van der Waals surface area contributed by atoms with Crippen molar-refractivity contribution in [2.45, 2.75) is 39.7 Å². The normalized spacial score (nSPS) is 16.9. The Morgan fingerprint density at radius 2 is 1.86 bits per heavy atom. The molecular formula is C22H32N4OS. The van der Waals surface area contributed by atoms with Gasteiger partial charge in [0.1, 0.15) is 0 Å². The molecule has 0 saturated carbocycles. The summed E-state index contributed by atoms with van der Waals surface area (Å²) in [6, 6.07) is 8.57. The van der Waals surface area contributed by atoms with Crippen LogP contribution in [-0.4, -0.2) is 66.5 Å². The van der Waals surface area contributed by atoms with Crippen molar-refractivity contribution in [3.8, 4) is 11.3 Å². The second kappa shape index (κ2) is 9.63. The SMILES string of the molecule is CCC(CN1CCN(C)CC1)NC(=O)Cc1sc(C)nc1-c1ccc(C)cc1. The molecule has 1 saturated heterocycles. The van der Waals surface area contributed by atoms with Gasteiger partial charge < -0.3 is 10.2 Å². The van der Waals surface area contributed by atoms with Crippen LogP contribution in [0.3, 0.4) is 0 Å². The number of carbonyl (C=O) groups is 1. The van der Waals surface area contributed by atoms with E-state index in [1.807, 2.05) is 6.92 Å². The molecule has 3 rings (SSSR count). The summed E-state index contributed by atoms with van der Waals surface area (Å²) >= 11 is 1.62. The fourth-order valence-corrected chi connectivity index (χ4v) is 4.53. The van der Waals surface area contributed by atoms with Crippen molar-refractivity contribution in [2.24, 2.45) is 0 Å². The van der Waals surface area contributed by atoms with Crippen LogP contribution in [0, 0.1) is 13.8 Å². The van der Waals surface area contributed by atoms with Crippen LogP contribution in [0.4, 0.5) is 0 Å². The number of aryl methyl sites for hydroxylation is 2. The summed E-state index contributed by atoms with van der Waals surface area (Å²) in [6.45, 7) is 11.5. The number of hydrogen-bond donors (Lipinski definition) is 1. The zero-order chi connectivity index (χ0) is 20.1. The third-order valence-corrected chi connectivity index (χ3v) is 6.35. The zero-order valence-corrected chi connectivity index (χ0v) is 18.3. The van der Waals surface area contributed by atoms with Crippen molar-refractivity contribution >= 4 is 17.2 Å². The largest absolute Gasteiger partial charge is 0.352 e. The van der Waals surface area contributed by atoms with Crippen LogP contribution in [0.5, 0.6) is 0 Å². The number of nitrogens with zero attached hydrogens (tertiary/aromatic N) is 3. The van der Waals surface area contributed by atoms with Gasteiger partial charge in [-0.25, -0.2) is 4.98 Å². The average molecular weight is 401 g/mol. The lowest BCUT2D eigenvalue weighted by molar-refractivity contribution is -0.121. The number of thiazole rings is 1. The van der Waals surface area contributed by atoms with E-state index in [9.17, 15) is 4.79 Å². The van der Waals surface area contributed by atoms with Crippen LogP contribution < -0.4 is 5.32 Å². The molecule has 152 valence electrons. The first-order valence-electron chi connectivity index (χ1n) is 10.2. The standard InChI is InChI=1S/C22H32N4OS/c1-5-19(15-26-12-10-25(4)11-13-26)24-21(27)14-20-22(23-17(3)28-20)18-8-6-16(2)7-9-18/h6-9,19H,5,10-15H2,1-4H3,(H,24,27). The molecule has 0 bridgehead atoms. The van der Waals surface area contributed by atoms with Crippen LogP contribution in [0.15, 0.2) is 24.3 Å². The Labute approximate surface area is 172 Å². The van der Waals surface area contributed by atoms with Crippen molar-refractivity contribution in [1.82, 2.24) is 20.1 Å². The number of nitrogens with one attached hydrogen (secondary N) is 1. The molecule has 1 aliphatic heterocycles. The van der Waals surface area contributed by atoms with E-state index in [0.717, 1.165) is 60.3 Å². The lowest BCUT2D eigenvalue weighted by atomic mass is 10.1. The van der Waals surface area contributed by atoms with E-state index >= 15 is 0 Å². The molecule has 28 heavy (non-hydrogen) atoms. The number of carbonyl (C=O) groups excluding carboxylic acids is 1. The molecule has 2 heterocycles. The zero-order valence-electron chi connectivity index (χ0n) is 17.5. The first-order valence-corrected chi connectivity index (χ1v) is 11.0. The monoisotopic (exact) mass is 400 g/mol. The summed E-state index contributed by atoms with van der Waals surface area (Å²) in [4.78, 5) is 23.3. The molecule has 5 nitrogen and oxygen atoms in total. The van der Waals surface area contributed by atoms with Gasteiger partial charge in [0.15, 0.2) is 0 Å². The van der Waals surface area contributed by atoms with Crippen molar-refractivity contribution in [3.63, 3.8) is 0 Å². The van der Waals surface area contributed by atoms with Crippen molar-refractivity contribution in [2.75, 3.05) is 39.8 Å². The van der Waals surface area contributed by atoms with E-state index in [1.54, 1.807) is 11.3 Å². The number of benzene rings is 1. The average Bonchev–Trinajstić information content (AvgIpc) is 3.03. The van der Waals surface area contributed by atoms with Gasteiger partial charge in [0.2, 0.25) is 5.91 Å². The summed E-state index contributed by atoms with van der Waals surface area (Å²) in [5.41, 5.74) is 3.26. The van der Waals surface area contributed by atoms with E-state index in [1.165, 1.54) is 5.56 Å². The number of rotatable bonds is 7. The Hall–Kier alpha value is -1.76. The Morgan fingerprint density at radius 3 is 2.50 bits per heavy atom. The van der Waals surface area contributed by atoms with Gasteiger partial charge in [0.25, 0.3) is 0 Å². The molecule has 0 spiro atoms. The van der Waals surface area contributed by atoms with Gasteiger partial charge in [-0.3, -0.25) is 9.69 Å². The second-order valence-corrected chi connectivity index (χ2v) is 9.11. The second-order valence-electron chi connectivity index (χ2n) is 7.82. The quantitative estimate of drug-likeness (QED) is 0.776. The van der Waals surface area contributed by atoms with Gasteiger partial charge in [-0.05, 0) is 27.3 Å². The number of aromatic nitrogens is 1. The van der Waals surface area contributed by atoms with E-state index in [2.05, 4.69) is 65.3 Å². The maximum absolute atomic E-state index is 12.8. The number of piperazine rings is 1. The third kappa shape index (κ3) is 5.63. The predicted molar refractivity (Wildman–Crippen MR) is 117 cm³/mol. The summed E-state index contributed by atoms with van der Waals surface area (Å²) in [5.74, 6) is 0.0954. The maximum Gasteiger partial charge on any atom is 0.225 e. The van der Waals surface area contributed by atoms with Crippen LogP contribution in [0.25, 0.3) is 11.3 Å². The van der Waals surface area contributed by atoms with Crippen LogP contribution in [0.1, 0.15) is 28.8 Å². The molecule has 6 heteroatoms. The lowest BCUT2D eigenvalue weighted by Crippen LogP contribution is -2.50. The molecule has 1 aliphatic rings. The molecule has 1 N–H and O–H groups in total. The minimum Gasteiger partial charge on any atom is -0.352 e. The van der Waals surface area contributed by atoms with Crippen molar-refractivity contribution < 1.29 is 4.79 Å². The summed E-state index contributed by atoms with van der Waals surface area (Å²) < 4.78 is 0. The van der Waals surface area contributed by atoms with Crippen molar-refractivity contribution in [1.29, 1.82) is 0 Å². The van der Waals surface area contributed by atoms with Gasteiger partial charge in [0.05, 0.1) is 17.1 Å². The fourth-order valence-electron chi connectivity index (χ4n) is 3.57. The Bertz CT molecular complexity index is 778. The molecule has 1 amide bonds. The van der Waals surface area contributed by atoms with Crippen LogP contribution >= 0.6 is 11.3 Å². The Kier molecular flexibility index (Phi) is 7.21. The highest BCUT2D eigenvalue weighted by atomic mass is 32.1. The number of likely N-dealkylation sites (N-methyl/N-ethyl adjacent to an activating group) is 1. The molecule has 1 aromatic carbocycles. The van der Waals surface area contributed by atoms with Gasteiger partial charge in [-0.1, -0.05) is 36.8 Å². The van der Waals surface area contributed by atoms with Crippen LogP contribution in [-0.2, 0) is 11.2 Å². The molecular weight excluding hydrogens is 368 g/mol. The van der Waals surface area contributed by atoms with E-state index in [4.69, 9.17) is 0 Å². The molecule has 0 aliphatic carbocycles. The summed E-state index contributed by atoms with van der Waals surface area (Å²) in [6.07, 6.45) is 1.35. The Balaban J connectivity index is 1.61. The minimum atomic E-state index is 0.0954. The number of hydrogen-bond acceptors (Lipinski definition) is 5.